The Morgan fingerprint density at radius 2 is 1.54 bits per heavy atom. The molecule has 0 unspecified atom stereocenters. The minimum atomic E-state index is -3.72. The molecule has 0 atom stereocenters. The lowest BCUT2D eigenvalue weighted by molar-refractivity contribution is -0.114. The van der Waals surface area contributed by atoms with Gasteiger partial charge in [0.2, 0.25) is 15.9 Å². The number of carbonyl (C=O) groups excluding carboxylic acids is 1. The van der Waals surface area contributed by atoms with Gasteiger partial charge in [0.05, 0.1) is 15.4 Å². The van der Waals surface area contributed by atoms with Gasteiger partial charge in [0.25, 0.3) is 0 Å². The van der Waals surface area contributed by atoms with Crippen LogP contribution in [0.2, 0.25) is 0 Å². The van der Waals surface area contributed by atoms with E-state index in [9.17, 15) is 21.6 Å². The molecule has 0 radical (unpaired) electrons. The molecule has 0 aromatic heterocycles. The monoisotopic (exact) mass is 400 g/mol. The Kier molecular flexibility index (Phi) is 5.41. The van der Waals surface area contributed by atoms with Gasteiger partial charge in [0.1, 0.15) is 0 Å². The van der Waals surface area contributed by atoms with Gasteiger partial charge in [0, 0.05) is 25.7 Å². The van der Waals surface area contributed by atoms with Gasteiger partial charge in [-0.05, 0) is 37.1 Å². The second-order valence-electron chi connectivity index (χ2n) is 7.00. The van der Waals surface area contributed by atoms with Gasteiger partial charge < -0.3 is 5.32 Å². The highest BCUT2D eigenvalue weighted by molar-refractivity contribution is 7.93. The molecule has 1 amide bonds. The number of nitrogens with one attached hydrogen (secondary N) is 1. The van der Waals surface area contributed by atoms with Gasteiger partial charge in [-0.3, -0.25) is 4.79 Å². The summed E-state index contributed by atoms with van der Waals surface area (Å²) in [7, 11) is -6.99. The first-order valence-electron chi connectivity index (χ1n) is 8.82. The molecule has 7 nitrogen and oxygen atoms in total. The van der Waals surface area contributed by atoms with Gasteiger partial charge in [0.15, 0.2) is 9.84 Å². The van der Waals surface area contributed by atoms with E-state index in [2.05, 4.69) is 5.32 Å². The fourth-order valence-corrected chi connectivity index (χ4v) is 7.56. The standard InChI is InChI=1S/C17H24N2O5S2/c1-13(20)18-14-7-9-16(10-8-14)26(23,24)19-11-17(12-19)25(21,22)15-5-3-2-4-6-15/h7-10,15,17H,2-6,11-12H2,1H3,(H,18,20). The van der Waals surface area contributed by atoms with Crippen LogP contribution in [0, 0.1) is 0 Å². The zero-order chi connectivity index (χ0) is 18.9. The molecule has 2 aliphatic rings. The molecule has 3 rings (SSSR count). The van der Waals surface area contributed by atoms with Crippen LogP contribution in [0.5, 0.6) is 0 Å². The van der Waals surface area contributed by atoms with Gasteiger partial charge in [-0.25, -0.2) is 16.8 Å². The number of sulfone groups is 1. The summed E-state index contributed by atoms with van der Waals surface area (Å²) in [5, 5.41) is 1.66. The normalized spacial score (nSPS) is 20.5. The first-order chi connectivity index (χ1) is 12.2. The van der Waals surface area contributed by atoms with E-state index in [4.69, 9.17) is 0 Å². The molecule has 144 valence electrons. The molecule has 0 spiro atoms. The Morgan fingerprint density at radius 3 is 2.08 bits per heavy atom. The number of sulfonamides is 1. The number of carbonyl (C=O) groups is 1. The lowest BCUT2D eigenvalue weighted by Crippen LogP contribution is -2.58. The van der Waals surface area contributed by atoms with E-state index < -0.39 is 25.1 Å². The zero-order valence-electron chi connectivity index (χ0n) is 14.7. The van der Waals surface area contributed by atoms with Crippen molar-refractivity contribution in [1.29, 1.82) is 0 Å². The number of hydrogen-bond donors (Lipinski definition) is 1. The highest BCUT2D eigenvalue weighted by Gasteiger charge is 2.46. The topological polar surface area (TPSA) is 101 Å². The third-order valence-electron chi connectivity index (χ3n) is 5.11. The number of hydrogen-bond acceptors (Lipinski definition) is 5. The van der Waals surface area contributed by atoms with E-state index in [1.807, 2.05) is 0 Å². The smallest absolute Gasteiger partial charge is 0.243 e. The Bertz CT molecular complexity index is 866. The molecule has 1 aromatic rings. The predicted molar refractivity (Wildman–Crippen MR) is 99.1 cm³/mol. The molecular weight excluding hydrogens is 376 g/mol. The highest BCUT2D eigenvalue weighted by atomic mass is 32.2. The predicted octanol–water partition coefficient (Wildman–Crippen LogP) is 1.77. The second kappa shape index (κ2) is 7.28. The van der Waals surface area contributed by atoms with Crippen LogP contribution in [-0.4, -0.2) is 50.6 Å². The number of amides is 1. The molecule has 1 aliphatic carbocycles. The lowest BCUT2D eigenvalue weighted by atomic mass is 10.0. The van der Waals surface area contributed by atoms with E-state index in [0.29, 0.717) is 18.5 Å². The molecule has 1 aromatic carbocycles. The summed E-state index contributed by atoms with van der Waals surface area (Å²) in [6, 6.07) is 5.88. The average Bonchev–Trinajstić information content (AvgIpc) is 2.53. The Morgan fingerprint density at radius 1 is 0.962 bits per heavy atom. The largest absolute Gasteiger partial charge is 0.326 e. The van der Waals surface area contributed by atoms with Gasteiger partial charge in [-0.15, -0.1) is 0 Å². The van der Waals surface area contributed by atoms with Crippen molar-refractivity contribution in [3.8, 4) is 0 Å². The average molecular weight is 401 g/mol. The van der Waals surface area contributed by atoms with E-state index in [-0.39, 0.29) is 29.1 Å². The minimum Gasteiger partial charge on any atom is -0.326 e. The summed E-state index contributed by atoms with van der Waals surface area (Å²) in [4.78, 5) is 11.1. The maximum atomic E-state index is 12.7. The SMILES string of the molecule is CC(=O)Nc1ccc(S(=O)(=O)N2CC(S(=O)(=O)C3CCCCC3)C2)cc1. The third kappa shape index (κ3) is 3.79. The number of rotatable bonds is 5. The Labute approximate surface area is 154 Å². The molecule has 26 heavy (non-hydrogen) atoms. The van der Waals surface area contributed by atoms with Crippen LogP contribution in [-0.2, 0) is 24.7 Å². The van der Waals surface area contributed by atoms with Crippen molar-refractivity contribution in [2.45, 2.75) is 54.4 Å². The molecule has 9 heteroatoms. The van der Waals surface area contributed by atoms with Crippen LogP contribution in [0.15, 0.2) is 29.2 Å². The molecule has 2 fully saturated rings. The van der Waals surface area contributed by atoms with Crippen molar-refractivity contribution in [3.05, 3.63) is 24.3 Å². The number of nitrogens with zero attached hydrogens (tertiary/aromatic N) is 1. The fourth-order valence-electron chi connectivity index (χ4n) is 3.53. The van der Waals surface area contributed by atoms with Crippen LogP contribution in [0.3, 0.4) is 0 Å². The molecular formula is C17H24N2O5S2. The molecule has 1 N–H and O–H groups in total. The molecule has 0 bridgehead atoms. The van der Waals surface area contributed by atoms with E-state index >= 15 is 0 Å². The van der Waals surface area contributed by atoms with E-state index in [1.54, 1.807) is 0 Å². The summed E-state index contributed by atoms with van der Waals surface area (Å²) >= 11 is 0. The molecule has 1 aliphatic heterocycles. The van der Waals surface area contributed by atoms with Crippen molar-refractivity contribution in [1.82, 2.24) is 4.31 Å². The maximum Gasteiger partial charge on any atom is 0.243 e. The first-order valence-corrected chi connectivity index (χ1v) is 11.9. The van der Waals surface area contributed by atoms with E-state index in [1.165, 1.54) is 35.5 Å². The fraction of sp³-hybridized carbons (Fsp3) is 0.588. The quantitative estimate of drug-likeness (QED) is 0.812. The molecule has 1 saturated carbocycles. The number of benzene rings is 1. The van der Waals surface area contributed by atoms with Crippen molar-refractivity contribution in [3.63, 3.8) is 0 Å². The summed E-state index contributed by atoms with van der Waals surface area (Å²) in [5.41, 5.74) is 0.512. The van der Waals surface area contributed by atoms with Gasteiger partial charge in [-0.2, -0.15) is 4.31 Å². The van der Waals surface area contributed by atoms with Gasteiger partial charge >= 0.3 is 0 Å². The minimum absolute atomic E-state index is 0.0224. The van der Waals surface area contributed by atoms with Gasteiger partial charge in [-0.1, -0.05) is 19.3 Å². The first kappa shape index (κ1) is 19.3. The van der Waals surface area contributed by atoms with Crippen molar-refractivity contribution in [2.75, 3.05) is 18.4 Å². The van der Waals surface area contributed by atoms with Crippen LogP contribution in [0.4, 0.5) is 5.69 Å². The summed E-state index contributed by atoms with van der Waals surface area (Å²) in [6.07, 6.45) is 4.32. The van der Waals surface area contributed by atoms with Crippen LogP contribution in [0.25, 0.3) is 0 Å². The zero-order valence-corrected chi connectivity index (χ0v) is 16.4. The van der Waals surface area contributed by atoms with E-state index in [0.717, 1.165) is 19.3 Å². The second-order valence-corrected chi connectivity index (χ2v) is 11.4. The maximum absolute atomic E-state index is 12.7. The number of anilines is 1. The van der Waals surface area contributed by atoms with Crippen LogP contribution in [0.1, 0.15) is 39.0 Å². The lowest BCUT2D eigenvalue weighted by Gasteiger charge is -2.39. The van der Waals surface area contributed by atoms with Crippen molar-refractivity contribution in [2.24, 2.45) is 0 Å². The van der Waals surface area contributed by atoms with Crippen molar-refractivity contribution < 1.29 is 21.6 Å². The Hall–Kier alpha value is -1.45. The molecule has 1 saturated heterocycles. The van der Waals surface area contributed by atoms with Crippen LogP contribution >= 0.6 is 0 Å². The van der Waals surface area contributed by atoms with Crippen molar-refractivity contribution >= 4 is 31.5 Å². The summed E-state index contributed by atoms with van der Waals surface area (Å²) in [5.74, 6) is -0.237. The molecule has 1 heterocycles. The summed E-state index contributed by atoms with van der Waals surface area (Å²) in [6.45, 7) is 1.42. The third-order valence-corrected chi connectivity index (χ3v) is 9.58. The summed E-state index contributed by atoms with van der Waals surface area (Å²) < 4.78 is 51.8. The Balaban J connectivity index is 1.66. The highest BCUT2D eigenvalue weighted by Crippen LogP contribution is 2.32. The van der Waals surface area contributed by atoms with Crippen LogP contribution < -0.4 is 5.32 Å².